The van der Waals surface area contributed by atoms with Crippen LogP contribution >= 0.6 is 0 Å². The molecule has 7 heteroatoms. The van der Waals surface area contributed by atoms with Crippen LogP contribution in [0.5, 0.6) is 0 Å². The Labute approximate surface area is 114 Å². The fourth-order valence-corrected chi connectivity index (χ4v) is 1.69. The van der Waals surface area contributed by atoms with Gasteiger partial charge in [0.2, 0.25) is 0 Å². The molecule has 0 bridgehead atoms. The summed E-state index contributed by atoms with van der Waals surface area (Å²) in [5.74, 6) is 0. The molecule has 1 N–H and O–H groups in total. The van der Waals surface area contributed by atoms with Crippen molar-refractivity contribution in [1.82, 2.24) is 20.1 Å². The molecule has 2 rings (SSSR count). The third kappa shape index (κ3) is 3.36. The van der Waals surface area contributed by atoms with Crippen LogP contribution in [0.1, 0.15) is 25.0 Å². The number of nitrogens with one attached hydrogen (secondary N) is 1. The lowest BCUT2D eigenvalue weighted by atomic mass is 10.2. The number of hydrogen-bond acceptors (Lipinski definition) is 3. The molecule has 2 aromatic rings. The van der Waals surface area contributed by atoms with Gasteiger partial charge in [0.05, 0.1) is 23.6 Å². The standard InChI is InChI=1S/C13H15F3N4/c1-9(2)18-5-10-3-4-17-7-12(10)20-8-11(6-19-20)13(14,15)16/h3-4,6-9,18H,5H2,1-2H3. The van der Waals surface area contributed by atoms with E-state index in [2.05, 4.69) is 15.4 Å². The van der Waals surface area contributed by atoms with Gasteiger partial charge in [-0.05, 0) is 11.6 Å². The molecule has 108 valence electrons. The highest BCUT2D eigenvalue weighted by Gasteiger charge is 2.32. The zero-order chi connectivity index (χ0) is 14.8. The third-order valence-corrected chi connectivity index (χ3v) is 2.75. The molecule has 0 atom stereocenters. The Balaban J connectivity index is 2.30. The van der Waals surface area contributed by atoms with Crippen molar-refractivity contribution in [3.8, 4) is 5.69 Å². The second-order valence-electron chi connectivity index (χ2n) is 4.71. The molecule has 0 unspecified atom stereocenters. The number of rotatable bonds is 4. The minimum absolute atomic E-state index is 0.277. The van der Waals surface area contributed by atoms with Crippen LogP contribution in [0, 0.1) is 0 Å². The maximum atomic E-state index is 12.6. The van der Waals surface area contributed by atoms with E-state index >= 15 is 0 Å². The average Bonchev–Trinajstić information content (AvgIpc) is 2.86. The Kier molecular flexibility index (Phi) is 4.08. The minimum Gasteiger partial charge on any atom is -0.310 e. The van der Waals surface area contributed by atoms with Crippen LogP contribution in [-0.4, -0.2) is 20.8 Å². The predicted molar refractivity (Wildman–Crippen MR) is 68.3 cm³/mol. The van der Waals surface area contributed by atoms with Crippen molar-refractivity contribution in [2.75, 3.05) is 0 Å². The lowest BCUT2D eigenvalue weighted by Crippen LogP contribution is -2.22. The Morgan fingerprint density at radius 2 is 2.05 bits per heavy atom. The van der Waals surface area contributed by atoms with Gasteiger partial charge in [-0.15, -0.1) is 0 Å². The first kappa shape index (κ1) is 14.5. The van der Waals surface area contributed by atoms with Crippen molar-refractivity contribution >= 4 is 0 Å². The van der Waals surface area contributed by atoms with Crippen LogP contribution in [0.3, 0.4) is 0 Å². The SMILES string of the molecule is CC(C)NCc1ccncc1-n1cc(C(F)(F)F)cn1. The molecular formula is C13H15F3N4. The summed E-state index contributed by atoms with van der Waals surface area (Å²) >= 11 is 0. The average molecular weight is 284 g/mol. The second-order valence-corrected chi connectivity index (χ2v) is 4.71. The maximum Gasteiger partial charge on any atom is 0.419 e. The zero-order valence-electron chi connectivity index (χ0n) is 11.1. The zero-order valence-corrected chi connectivity index (χ0v) is 11.1. The molecule has 0 aliphatic carbocycles. The number of alkyl halides is 3. The van der Waals surface area contributed by atoms with Gasteiger partial charge in [0.15, 0.2) is 0 Å². The van der Waals surface area contributed by atoms with Crippen LogP contribution < -0.4 is 5.32 Å². The normalized spacial score (nSPS) is 12.1. The van der Waals surface area contributed by atoms with Crippen molar-refractivity contribution in [2.24, 2.45) is 0 Å². The fraction of sp³-hybridized carbons (Fsp3) is 0.385. The minimum atomic E-state index is -4.39. The molecule has 4 nitrogen and oxygen atoms in total. The van der Waals surface area contributed by atoms with E-state index in [1.54, 1.807) is 12.3 Å². The van der Waals surface area contributed by atoms with E-state index in [1.807, 2.05) is 13.8 Å². The fourth-order valence-electron chi connectivity index (χ4n) is 1.69. The topological polar surface area (TPSA) is 42.7 Å². The Morgan fingerprint density at radius 1 is 1.30 bits per heavy atom. The Morgan fingerprint density at radius 3 is 2.65 bits per heavy atom. The van der Waals surface area contributed by atoms with Crippen LogP contribution in [-0.2, 0) is 12.7 Å². The summed E-state index contributed by atoms with van der Waals surface area (Å²) in [5.41, 5.74) is 0.603. The van der Waals surface area contributed by atoms with Gasteiger partial charge < -0.3 is 5.32 Å². The second kappa shape index (κ2) is 5.62. The van der Waals surface area contributed by atoms with Crippen molar-refractivity contribution < 1.29 is 13.2 Å². The smallest absolute Gasteiger partial charge is 0.310 e. The van der Waals surface area contributed by atoms with E-state index in [4.69, 9.17) is 0 Å². The molecule has 0 saturated carbocycles. The third-order valence-electron chi connectivity index (χ3n) is 2.75. The molecule has 2 heterocycles. The quantitative estimate of drug-likeness (QED) is 0.938. The molecule has 0 aliphatic heterocycles. The van der Waals surface area contributed by atoms with Gasteiger partial charge in [0.25, 0.3) is 0 Å². The van der Waals surface area contributed by atoms with Gasteiger partial charge in [0.1, 0.15) is 0 Å². The number of halogens is 3. The van der Waals surface area contributed by atoms with Crippen LogP contribution in [0.25, 0.3) is 5.69 Å². The number of aromatic nitrogens is 3. The van der Waals surface area contributed by atoms with Gasteiger partial charge in [-0.2, -0.15) is 18.3 Å². The molecule has 0 aromatic carbocycles. The largest absolute Gasteiger partial charge is 0.419 e. The maximum absolute atomic E-state index is 12.6. The summed E-state index contributed by atoms with van der Waals surface area (Å²) in [7, 11) is 0. The lowest BCUT2D eigenvalue weighted by Gasteiger charge is -2.12. The molecule has 20 heavy (non-hydrogen) atoms. The summed E-state index contributed by atoms with van der Waals surface area (Å²) < 4.78 is 39.0. The van der Waals surface area contributed by atoms with Gasteiger partial charge >= 0.3 is 6.18 Å². The number of hydrogen-bond donors (Lipinski definition) is 1. The van der Waals surface area contributed by atoms with Gasteiger partial charge in [-0.25, -0.2) is 4.68 Å². The lowest BCUT2D eigenvalue weighted by molar-refractivity contribution is -0.137. The molecule has 0 aliphatic rings. The summed E-state index contributed by atoms with van der Waals surface area (Å²) in [6, 6.07) is 2.04. The summed E-state index contributed by atoms with van der Waals surface area (Å²) in [5, 5.41) is 6.99. The summed E-state index contributed by atoms with van der Waals surface area (Å²) in [4.78, 5) is 3.95. The summed E-state index contributed by atoms with van der Waals surface area (Å²) in [6.45, 7) is 4.53. The Hall–Kier alpha value is -1.89. The first-order valence-corrected chi connectivity index (χ1v) is 6.16. The molecule has 0 saturated heterocycles. The highest BCUT2D eigenvalue weighted by atomic mass is 19.4. The molecule has 0 fully saturated rings. The summed E-state index contributed by atoms with van der Waals surface area (Å²) in [6.07, 6.45) is 0.499. The van der Waals surface area contributed by atoms with Crippen LogP contribution in [0.15, 0.2) is 30.9 Å². The van der Waals surface area contributed by atoms with E-state index in [-0.39, 0.29) is 6.04 Å². The van der Waals surface area contributed by atoms with Crippen molar-refractivity contribution in [1.29, 1.82) is 0 Å². The van der Waals surface area contributed by atoms with Crippen molar-refractivity contribution in [2.45, 2.75) is 32.6 Å². The van der Waals surface area contributed by atoms with Crippen molar-refractivity contribution in [3.05, 3.63) is 42.0 Å². The molecule has 0 spiro atoms. The van der Waals surface area contributed by atoms with Gasteiger partial charge in [-0.1, -0.05) is 13.8 Å². The van der Waals surface area contributed by atoms with E-state index in [0.717, 1.165) is 18.0 Å². The van der Waals surface area contributed by atoms with Crippen LogP contribution in [0.2, 0.25) is 0 Å². The van der Waals surface area contributed by atoms with Crippen LogP contribution in [0.4, 0.5) is 13.2 Å². The predicted octanol–water partition coefficient (Wildman–Crippen LogP) is 2.78. The first-order valence-electron chi connectivity index (χ1n) is 6.16. The van der Waals surface area contributed by atoms with E-state index < -0.39 is 11.7 Å². The van der Waals surface area contributed by atoms with Crippen molar-refractivity contribution in [3.63, 3.8) is 0 Å². The molecule has 2 aromatic heterocycles. The van der Waals surface area contributed by atoms with Gasteiger partial charge in [0, 0.05) is 25.0 Å². The number of nitrogens with zero attached hydrogens (tertiary/aromatic N) is 3. The van der Waals surface area contributed by atoms with E-state index in [1.165, 1.54) is 10.9 Å². The highest BCUT2D eigenvalue weighted by Crippen LogP contribution is 2.29. The molecular weight excluding hydrogens is 269 g/mol. The van der Waals surface area contributed by atoms with E-state index in [0.29, 0.717) is 12.2 Å². The highest BCUT2D eigenvalue weighted by molar-refractivity contribution is 5.38. The first-order chi connectivity index (χ1) is 9.38. The monoisotopic (exact) mass is 284 g/mol. The van der Waals surface area contributed by atoms with E-state index in [9.17, 15) is 13.2 Å². The Bertz CT molecular complexity index is 575. The molecule has 0 radical (unpaired) electrons. The molecule has 0 amide bonds. The number of pyridine rings is 1. The van der Waals surface area contributed by atoms with Gasteiger partial charge in [-0.3, -0.25) is 4.98 Å².